The Morgan fingerprint density at radius 1 is 1.25 bits per heavy atom. The lowest BCUT2D eigenvalue weighted by molar-refractivity contribution is 0.568. The van der Waals surface area contributed by atoms with Crippen molar-refractivity contribution in [3.05, 3.63) is 53.4 Å². The molecule has 20 heavy (non-hydrogen) atoms. The van der Waals surface area contributed by atoms with E-state index in [4.69, 9.17) is 0 Å². The molecular formula is C14H18ClF2N3. The van der Waals surface area contributed by atoms with E-state index in [0.29, 0.717) is 18.7 Å². The summed E-state index contributed by atoms with van der Waals surface area (Å²) >= 11 is 0. The highest BCUT2D eigenvalue weighted by Gasteiger charge is 2.04. The highest BCUT2D eigenvalue weighted by atomic mass is 35.5. The number of halogens is 3. The number of hydrogen-bond donors (Lipinski definition) is 1. The van der Waals surface area contributed by atoms with Crippen LogP contribution in [-0.2, 0) is 19.6 Å². The monoisotopic (exact) mass is 301 g/mol. The average Bonchev–Trinajstić information content (AvgIpc) is 2.82. The first kappa shape index (κ1) is 16.6. The largest absolute Gasteiger partial charge is 0.308 e. The van der Waals surface area contributed by atoms with Crippen molar-refractivity contribution in [2.24, 2.45) is 0 Å². The minimum atomic E-state index is -0.422. The van der Waals surface area contributed by atoms with Gasteiger partial charge >= 0.3 is 0 Å². The van der Waals surface area contributed by atoms with Gasteiger partial charge < -0.3 is 5.32 Å². The lowest BCUT2D eigenvalue weighted by Gasteiger charge is -2.05. The standard InChI is InChI=1S/C14H17F2N3.ClH/c1-2-5-19-10-11(8-18-19)7-17-9-12-6-13(15)3-4-14(12)16;/h3-4,6,8,10,17H,2,5,7,9H2,1H3;1H. The second-order valence-electron chi connectivity index (χ2n) is 4.45. The summed E-state index contributed by atoms with van der Waals surface area (Å²) in [5.74, 6) is -0.815. The molecule has 2 aromatic rings. The number of aryl methyl sites for hydroxylation is 1. The van der Waals surface area contributed by atoms with Gasteiger partial charge in [-0.2, -0.15) is 5.10 Å². The normalized spacial score (nSPS) is 10.3. The Morgan fingerprint density at radius 3 is 2.80 bits per heavy atom. The van der Waals surface area contributed by atoms with Crippen LogP contribution in [0.15, 0.2) is 30.6 Å². The molecule has 0 fully saturated rings. The number of hydrogen-bond acceptors (Lipinski definition) is 2. The van der Waals surface area contributed by atoms with Crippen LogP contribution >= 0.6 is 12.4 Å². The third-order valence-corrected chi connectivity index (χ3v) is 2.79. The van der Waals surface area contributed by atoms with Crippen LogP contribution in [0.3, 0.4) is 0 Å². The van der Waals surface area contributed by atoms with Gasteiger partial charge in [0.1, 0.15) is 11.6 Å². The molecule has 0 amide bonds. The molecule has 0 radical (unpaired) electrons. The Bertz CT molecular complexity index is 543. The smallest absolute Gasteiger partial charge is 0.127 e. The summed E-state index contributed by atoms with van der Waals surface area (Å²) in [5, 5.41) is 7.29. The molecule has 0 aliphatic carbocycles. The van der Waals surface area contributed by atoms with Crippen LogP contribution in [0.5, 0.6) is 0 Å². The van der Waals surface area contributed by atoms with E-state index in [0.717, 1.165) is 30.7 Å². The van der Waals surface area contributed by atoms with Gasteiger partial charge in [-0.05, 0) is 24.6 Å². The molecule has 0 saturated heterocycles. The van der Waals surface area contributed by atoms with Crippen LogP contribution in [0.4, 0.5) is 8.78 Å². The third kappa shape index (κ3) is 4.58. The van der Waals surface area contributed by atoms with E-state index in [-0.39, 0.29) is 12.4 Å². The molecule has 1 N–H and O–H groups in total. The van der Waals surface area contributed by atoms with Crippen molar-refractivity contribution in [2.75, 3.05) is 0 Å². The summed E-state index contributed by atoms with van der Waals surface area (Å²) in [7, 11) is 0. The van der Waals surface area contributed by atoms with E-state index in [1.807, 2.05) is 10.9 Å². The maximum Gasteiger partial charge on any atom is 0.127 e. The van der Waals surface area contributed by atoms with Crippen molar-refractivity contribution in [2.45, 2.75) is 33.0 Å². The molecule has 0 aliphatic rings. The van der Waals surface area contributed by atoms with Gasteiger partial charge in [0.15, 0.2) is 0 Å². The van der Waals surface area contributed by atoms with Crippen LogP contribution in [-0.4, -0.2) is 9.78 Å². The predicted molar refractivity (Wildman–Crippen MR) is 76.7 cm³/mol. The minimum absolute atomic E-state index is 0. The van der Waals surface area contributed by atoms with Crippen molar-refractivity contribution in [1.82, 2.24) is 15.1 Å². The molecule has 0 bridgehead atoms. The second-order valence-corrected chi connectivity index (χ2v) is 4.45. The van der Waals surface area contributed by atoms with Crippen molar-refractivity contribution >= 4 is 12.4 Å². The fourth-order valence-corrected chi connectivity index (χ4v) is 1.87. The third-order valence-electron chi connectivity index (χ3n) is 2.79. The molecule has 110 valence electrons. The van der Waals surface area contributed by atoms with Gasteiger partial charge in [0.25, 0.3) is 0 Å². The molecule has 2 rings (SSSR count). The number of aromatic nitrogens is 2. The maximum absolute atomic E-state index is 13.4. The Morgan fingerprint density at radius 2 is 2.05 bits per heavy atom. The summed E-state index contributed by atoms with van der Waals surface area (Å²) in [6.45, 7) is 3.85. The highest BCUT2D eigenvalue weighted by molar-refractivity contribution is 5.85. The molecule has 0 atom stereocenters. The number of rotatable bonds is 6. The van der Waals surface area contributed by atoms with Crippen molar-refractivity contribution < 1.29 is 8.78 Å². The van der Waals surface area contributed by atoms with Crippen molar-refractivity contribution in [3.63, 3.8) is 0 Å². The highest BCUT2D eigenvalue weighted by Crippen LogP contribution is 2.09. The SMILES string of the molecule is CCCn1cc(CNCc2cc(F)ccc2F)cn1.Cl. The Balaban J connectivity index is 0.00000200. The number of nitrogens with one attached hydrogen (secondary N) is 1. The van der Waals surface area contributed by atoms with E-state index >= 15 is 0 Å². The lowest BCUT2D eigenvalue weighted by atomic mass is 10.2. The van der Waals surface area contributed by atoms with E-state index in [1.165, 1.54) is 6.07 Å². The zero-order valence-corrected chi connectivity index (χ0v) is 12.1. The Labute approximate surface area is 123 Å². The summed E-state index contributed by atoms with van der Waals surface area (Å²) in [5.41, 5.74) is 1.37. The molecule has 0 unspecified atom stereocenters. The zero-order chi connectivity index (χ0) is 13.7. The van der Waals surface area contributed by atoms with Crippen molar-refractivity contribution in [1.29, 1.82) is 0 Å². The van der Waals surface area contributed by atoms with Crippen LogP contribution in [0.25, 0.3) is 0 Å². The molecule has 1 aromatic carbocycles. The Hall–Kier alpha value is -1.46. The molecule has 0 spiro atoms. The first-order valence-corrected chi connectivity index (χ1v) is 6.35. The Kier molecular flexibility index (Phi) is 6.61. The maximum atomic E-state index is 13.4. The number of nitrogens with zero attached hydrogens (tertiary/aromatic N) is 2. The van der Waals surface area contributed by atoms with Crippen LogP contribution in [0.1, 0.15) is 24.5 Å². The zero-order valence-electron chi connectivity index (χ0n) is 11.3. The van der Waals surface area contributed by atoms with E-state index in [1.54, 1.807) is 6.20 Å². The van der Waals surface area contributed by atoms with Gasteiger partial charge in [0.05, 0.1) is 6.20 Å². The quantitative estimate of drug-likeness (QED) is 0.887. The van der Waals surface area contributed by atoms with Gasteiger partial charge in [-0.3, -0.25) is 4.68 Å². The van der Waals surface area contributed by atoms with Gasteiger partial charge in [0.2, 0.25) is 0 Å². The van der Waals surface area contributed by atoms with Crippen LogP contribution in [0, 0.1) is 11.6 Å². The fraction of sp³-hybridized carbons (Fsp3) is 0.357. The summed E-state index contributed by atoms with van der Waals surface area (Å²) in [6, 6.07) is 3.47. The lowest BCUT2D eigenvalue weighted by Crippen LogP contribution is -2.13. The first-order valence-electron chi connectivity index (χ1n) is 6.35. The molecule has 6 heteroatoms. The molecule has 1 heterocycles. The molecule has 3 nitrogen and oxygen atoms in total. The van der Waals surface area contributed by atoms with Crippen LogP contribution < -0.4 is 5.32 Å². The second kappa shape index (κ2) is 7.97. The van der Waals surface area contributed by atoms with Crippen LogP contribution in [0.2, 0.25) is 0 Å². The van der Waals surface area contributed by atoms with Gasteiger partial charge in [0, 0.05) is 37.0 Å². The van der Waals surface area contributed by atoms with Gasteiger partial charge in [-0.1, -0.05) is 6.92 Å². The molecular weight excluding hydrogens is 284 g/mol. The minimum Gasteiger partial charge on any atom is -0.308 e. The van der Waals surface area contributed by atoms with E-state index in [9.17, 15) is 8.78 Å². The molecule has 0 saturated carbocycles. The number of benzene rings is 1. The predicted octanol–water partition coefficient (Wildman–Crippen LogP) is 3.28. The topological polar surface area (TPSA) is 29.9 Å². The summed E-state index contributed by atoms with van der Waals surface area (Å²) in [6.07, 6.45) is 4.77. The van der Waals surface area contributed by atoms with E-state index < -0.39 is 11.6 Å². The summed E-state index contributed by atoms with van der Waals surface area (Å²) in [4.78, 5) is 0. The van der Waals surface area contributed by atoms with Gasteiger partial charge in [-0.25, -0.2) is 8.78 Å². The average molecular weight is 302 g/mol. The first-order chi connectivity index (χ1) is 9.19. The fourth-order valence-electron chi connectivity index (χ4n) is 1.87. The molecule has 0 aliphatic heterocycles. The molecule has 1 aromatic heterocycles. The summed E-state index contributed by atoms with van der Waals surface area (Å²) < 4.78 is 28.2. The van der Waals surface area contributed by atoms with Crippen molar-refractivity contribution in [3.8, 4) is 0 Å². The van der Waals surface area contributed by atoms with Gasteiger partial charge in [-0.15, -0.1) is 12.4 Å². The van der Waals surface area contributed by atoms with E-state index in [2.05, 4.69) is 17.3 Å².